The van der Waals surface area contributed by atoms with Crippen LogP contribution >= 0.6 is 11.6 Å². The molecule has 19 heavy (non-hydrogen) atoms. The third-order valence-corrected chi connectivity index (χ3v) is 3.23. The number of fused-ring (bicyclic) bond motifs is 2. The van der Waals surface area contributed by atoms with Crippen molar-refractivity contribution in [3.05, 3.63) is 57.2 Å². The van der Waals surface area contributed by atoms with Crippen molar-refractivity contribution in [3.63, 3.8) is 0 Å². The number of halogens is 1. The van der Waals surface area contributed by atoms with Crippen molar-refractivity contribution in [1.29, 1.82) is 0 Å². The summed E-state index contributed by atoms with van der Waals surface area (Å²) in [6.07, 6.45) is 0. The van der Waals surface area contributed by atoms with Gasteiger partial charge in [-0.25, -0.2) is 4.79 Å². The molecule has 0 spiro atoms. The smallest absolute Gasteiger partial charge is 0.337 e. The zero-order chi connectivity index (χ0) is 13.6. The maximum atomic E-state index is 12.3. The summed E-state index contributed by atoms with van der Waals surface area (Å²) in [6.45, 7) is 0. The first-order chi connectivity index (χ1) is 9.08. The molecule has 4 nitrogen and oxygen atoms in total. The minimum Gasteiger partial charge on any atom is -0.478 e. The zero-order valence-electron chi connectivity index (χ0n) is 9.61. The molecular formula is C14H8ClNO3. The van der Waals surface area contributed by atoms with Crippen LogP contribution in [0.4, 0.5) is 0 Å². The Morgan fingerprint density at radius 3 is 2.63 bits per heavy atom. The molecule has 0 unspecified atom stereocenters. The second-order valence-corrected chi connectivity index (χ2v) is 4.62. The van der Waals surface area contributed by atoms with E-state index in [1.807, 2.05) is 0 Å². The van der Waals surface area contributed by atoms with Crippen molar-refractivity contribution >= 4 is 39.4 Å². The molecule has 3 rings (SSSR count). The molecule has 3 aromatic rings. The van der Waals surface area contributed by atoms with E-state index >= 15 is 0 Å². The maximum Gasteiger partial charge on any atom is 0.337 e. The maximum absolute atomic E-state index is 12.3. The number of benzene rings is 2. The normalized spacial score (nSPS) is 11.0. The van der Waals surface area contributed by atoms with Crippen LogP contribution in [-0.4, -0.2) is 16.1 Å². The molecule has 1 aromatic heterocycles. The van der Waals surface area contributed by atoms with E-state index in [4.69, 9.17) is 11.6 Å². The van der Waals surface area contributed by atoms with Crippen LogP contribution < -0.4 is 5.43 Å². The summed E-state index contributed by atoms with van der Waals surface area (Å²) in [6, 6.07) is 9.77. The van der Waals surface area contributed by atoms with Gasteiger partial charge in [0.15, 0.2) is 5.43 Å². The first kappa shape index (κ1) is 11.7. The summed E-state index contributed by atoms with van der Waals surface area (Å²) in [5, 5.41) is 10.2. The Kier molecular flexibility index (Phi) is 2.54. The molecule has 0 saturated heterocycles. The molecule has 0 amide bonds. The summed E-state index contributed by atoms with van der Waals surface area (Å²) >= 11 is 5.87. The summed E-state index contributed by atoms with van der Waals surface area (Å²) in [5.74, 6) is -1.13. The Morgan fingerprint density at radius 1 is 1.16 bits per heavy atom. The van der Waals surface area contributed by atoms with E-state index < -0.39 is 5.97 Å². The van der Waals surface area contributed by atoms with Gasteiger partial charge in [0, 0.05) is 21.3 Å². The second-order valence-electron chi connectivity index (χ2n) is 4.18. The number of carboxylic acid groups (broad SMARTS) is 1. The van der Waals surface area contributed by atoms with E-state index in [2.05, 4.69) is 4.98 Å². The van der Waals surface area contributed by atoms with E-state index in [1.165, 1.54) is 12.1 Å². The van der Waals surface area contributed by atoms with Gasteiger partial charge in [0.25, 0.3) is 0 Å². The first-order valence-corrected chi connectivity index (χ1v) is 5.93. The van der Waals surface area contributed by atoms with Gasteiger partial charge in [-0.3, -0.25) is 4.79 Å². The predicted molar refractivity (Wildman–Crippen MR) is 74.0 cm³/mol. The largest absolute Gasteiger partial charge is 0.478 e. The molecule has 1 heterocycles. The molecule has 0 aliphatic heterocycles. The number of aromatic nitrogens is 1. The molecular weight excluding hydrogens is 266 g/mol. The highest BCUT2D eigenvalue weighted by molar-refractivity contribution is 6.32. The molecule has 0 atom stereocenters. The van der Waals surface area contributed by atoms with E-state index in [9.17, 15) is 14.7 Å². The van der Waals surface area contributed by atoms with E-state index in [0.29, 0.717) is 16.4 Å². The molecule has 0 aliphatic carbocycles. The SMILES string of the molecule is O=C(O)c1cc(Cl)cc2c(=O)c3ccccc3[nH]c12. The molecule has 2 aromatic carbocycles. The van der Waals surface area contributed by atoms with Crippen molar-refractivity contribution < 1.29 is 9.90 Å². The van der Waals surface area contributed by atoms with Crippen molar-refractivity contribution in [2.24, 2.45) is 0 Å². The molecule has 2 N–H and O–H groups in total. The molecule has 0 saturated carbocycles. The Balaban J connectivity index is 2.61. The molecule has 0 radical (unpaired) electrons. The summed E-state index contributed by atoms with van der Waals surface area (Å²) in [4.78, 5) is 26.6. The van der Waals surface area contributed by atoms with Crippen LogP contribution in [0.25, 0.3) is 21.8 Å². The second kappa shape index (κ2) is 4.10. The number of hydrogen-bond acceptors (Lipinski definition) is 2. The van der Waals surface area contributed by atoms with Gasteiger partial charge in [-0.1, -0.05) is 23.7 Å². The van der Waals surface area contributed by atoms with Crippen LogP contribution in [0.2, 0.25) is 5.02 Å². The molecule has 5 heteroatoms. The number of aromatic carboxylic acids is 1. The van der Waals surface area contributed by atoms with Crippen molar-refractivity contribution in [2.45, 2.75) is 0 Å². The van der Waals surface area contributed by atoms with Gasteiger partial charge >= 0.3 is 5.97 Å². The summed E-state index contributed by atoms with van der Waals surface area (Å²) < 4.78 is 0. The van der Waals surface area contributed by atoms with Gasteiger partial charge in [-0.05, 0) is 24.3 Å². The highest BCUT2D eigenvalue weighted by Gasteiger charge is 2.14. The van der Waals surface area contributed by atoms with Crippen molar-refractivity contribution in [2.75, 3.05) is 0 Å². The van der Waals surface area contributed by atoms with Gasteiger partial charge < -0.3 is 10.1 Å². The number of hydrogen-bond donors (Lipinski definition) is 2. The average Bonchev–Trinajstić information content (AvgIpc) is 2.39. The fraction of sp³-hybridized carbons (Fsp3) is 0. The lowest BCUT2D eigenvalue weighted by Gasteiger charge is -2.06. The van der Waals surface area contributed by atoms with Crippen LogP contribution in [0.15, 0.2) is 41.2 Å². The Hall–Kier alpha value is -2.33. The van der Waals surface area contributed by atoms with Crippen molar-refractivity contribution in [3.8, 4) is 0 Å². The van der Waals surface area contributed by atoms with E-state index in [1.54, 1.807) is 24.3 Å². The quantitative estimate of drug-likeness (QED) is 0.670. The number of carbonyl (C=O) groups is 1. The molecule has 0 aliphatic rings. The van der Waals surface area contributed by atoms with Crippen molar-refractivity contribution in [1.82, 2.24) is 4.98 Å². The average molecular weight is 274 g/mol. The predicted octanol–water partition coefficient (Wildman–Crippen LogP) is 3.03. The van der Waals surface area contributed by atoms with Gasteiger partial charge in [-0.2, -0.15) is 0 Å². The Morgan fingerprint density at radius 2 is 1.89 bits per heavy atom. The monoisotopic (exact) mass is 273 g/mol. The number of nitrogens with one attached hydrogen (secondary N) is 1. The third-order valence-electron chi connectivity index (χ3n) is 3.01. The number of para-hydroxylation sites is 1. The van der Waals surface area contributed by atoms with E-state index in [-0.39, 0.29) is 21.4 Å². The standard InChI is InChI=1S/C14H8ClNO3/c15-7-5-9-12(10(6-7)14(18)19)16-11-4-2-1-3-8(11)13(9)17/h1-6H,(H,16,17)(H,18,19). The lowest BCUT2D eigenvalue weighted by molar-refractivity contribution is 0.0699. The zero-order valence-corrected chi connectivity index (χ0v) is 10.4. The molecule has 0 bridgehead atoms. The number of H-pyrrole nitrogens is 1. The van der Waals surface area contributed by atoms with Crippen LogP contribution in [0.3, 0.4) is 0 Å². The third kappa shape index (κ3) is 1.77. The molecule has 0 fully saturated rings. The van der Waals surface area contributed by atoms with Gasteiger partial charge in [0.1, 0.15) is 0 Å². The fourth-order valence-electron chi connectivity index (χ4n) is 2.16. The minimum absolute atomic E-state index is 0.00893. The van der Waals surface area contributed by atoms with Crippen LogP contribution in [0.5, 0.6) is 0 Å². The number of aromatic amines is 1. The Bertz CT molecular complexity index is 883. The minimum atomic E-state index is -1.13. The number of rotatable bonds is 1. The van der Waals surface area contributed by atoms with Crippen LogP contribution in [0, 0.1) is 0 Å². The van der Waals surface area contributed by atoms with Gasteiger partial charge in [-0.15, -0.1) is 0 Å². The fourth-order valence-corrected chi connectivity index (χ4v) is 2.38. The number of carboxylic acids is 1. The van der Waals surface area contributed by atoms with E-state index in [0.717, 1.165) is 0 Å². The van der Waals surface area contributed by atoms with Crippen LogP contribution in [-0.2, 0) is 0 Å². The summed E-state index contributed by atoms with van der Waals surface area (Å²) in [5.41, 5.74) is 0.658. The number of pyridine rings is 1. The van der Waals surface area contributed by atoms with Gasteiger partial charge in [0.05, 0.1) is 11.1 Å². The van der Waals surface area contributed by atoms with Crippen LogP contribution in [0.1, 0.15) is 10.4 Å². The first-order valence-electron chi connectivity index (χ1n) is 5.55. The Labute approximate surface area is 112 Å². The topological polar surface area (TPSA) is 70.2 Å². The lowest BCUT2D eigenvalue weighted by atomic mass is 10.1. The highest BCUT2D eigenvalue weighted by Crippen LogP contribution is 2.22. The molecule has 94 valence electrons. The van der Waals surface area contributed by atoms with Gasteiger partial charge in [0.2, 0.25) is 0 Å². The highest BCUT2D eigenvalue weighted by atomic mass is 35.5. The lowest BCUT2D eigenvalue weighted by Crippen LogP contribution is -2.08. The summed E-state index contributed by atoms with van der Waals surface area (Å²) in [7, 11) is 0.